The van der Waals surface area contributed by atoms with Crippen molar-refractivity contribution >= 4 is 5.91 Å². The molecule has 1 amide bonds. The van der Waals surface area contributed by atoms with Gasteiger partial charge in [0.2, 0.25) is 5.91 Å². The van der Waals surface area contributed by atoms with Crippen molar-refractivity contribution in [1.82, 2.24) is 5.32 Å². The molecule has 17 heavy (non-hydrogen) atoms. The maximum Gasteiger partial charge on any atom is 0.221 e. The normalized spacial score (nSPS) is 11.6. The minimum Gasteiger partial charge on any atom is -0.337 e. The molecule has 0 aliphatic carbocycles. The lowest BCUT2D eigenvalue weighted by molar-refractivity contribution is -0.121. The molecule has 4 heteroatoms. The number of nitriles is 1. The third-order valence-corrected chi connectivity index (χ3v) is 2.40. The Morgan fingerprint density at radius 2 is 2.12 bits per heavy atom. The van der Waals surface area contributed by atoms with Crippen LogP contribution in [0.3, 0.4) is 0 Å². The van der Waals surface area contributed by atoms with Gasteiger partial charge in [-0.05, 0) is 24.1 Å². The summed E-state index contributed by atoms with van der Waals surface area (Å²) in [6, 6.07) is 6.84. The van der Waals surface area contributed by atoms with Crippen LogP contribution in [0.15, 0.2) is 24.3 Å². The van der Waals surface area contributed by atoms with Crippen molar-refractivity contribution in [3.8, 4) is 6.07 Å². The van der Waals surface area contributed by atoms with Crippen LogP contribution < -0.4 is 5.32 Å². The molecule has 0 fully saturated rings. The molecule has 1 atom stereocenters. The number of unbranched alkanes of at least 4 members (excludes halogenated alkanes) is 1. The largest absolute Gasteiger partial charge is 0.337 e. The van der Waals surface area contributed by atoms with E-state index in [2.05, 4.69) is 5.32 Å². The molecular formula is C13H15FN2O. The number of halogens is 1. The van der Waals surface area contributed by atoms with Crippen molar-refractivity contribution in [2.45, 2.75) is 32.2 Å². The number of hydrogen-bond donors (Lipinski definition) is 1. The SMILES string of the molecule is CCCCC(=O)NC(C#N)c1ccc(F)cc1. The lowest BCUT2D eigenvalue weighted by Gasteiger charge is -2.11. The van der Waals surface area contributed by atoms with E-state index in [9.17, 15) is 9.18 Å². The Labute approximate surface area is 100 Å². The van der Waals surface area contributed by atoms with Gasteiger partial charge in [-0.1, -0.05) is 25.5 Å². The minimum absolute atomic E-state index is 0.150. The van der Waals surface area contributed by atoms with Crippen LogP contribution >= 0.6 is 0 Å². The van der Waals surface area contributed by atoms with E-state index in [1.165, 1.54) is 24.3 Å². The summed E-state index contributed by atoms with van der Waals surface area (Å²) in [5, 5.41) is 11.6. The van der Waals surface area contributed by atoms with E-state index in [0.29, 0.717) is 12.0 Å². The molecule has 0 saturated carbocycles. The zero-order valence-corrected chi connectivity index (χ0v) is 9.74. The fraction of sp³-hybridized carbons (Fsp3) is 0.385. The number of carbonyl (C=O) groups is 1. The van der Waals surface area contributed by atoms with Crippen LogP contribution in [0.2, 0.25) is 0 Å². The average Bonchev–Trinajstić information content (AvgIpc) is 2.34. The molecule has 0 bridgehead atoms. The Morgan fingerprint density at radius 3 is 2.65 bits per heavy atom. The molecule has 0 aromatic heterocycles. The fourth-order valence-electron chi connectivity index (χ4n) is 1.42. The predicted octanol–water partition coefficient (Wildman–Crippen LogP) is 2.70. The summed E-state index contributed by atoms with van der Waals surface area (Å²) in [4.78, 5) is 11.5. The molecule has 0 aliphatic heterocycles. The number of nitrogens with one attached hydrogen (secondary N) is 1. The Balaban J connectivity index is 2.63. The summed E-state index contributed by atoms with van der Waals surface area (Å²) < 4.78 is 12.7. The highest BCUT2D eigenvalue weighted by molar-refractivity contribution is 5.76. The second-order valence-electron chi connectivity index (χ2n) is 3.78. The summed E-state index contributed by atoms with van der Waals surface area (Å²) in [5.41, 5.74) is 0.596. The number of rotatable bonds is 5. The maximum absolute atomic E-state index is 12.7. The number of benzene rings is 1. The van der Waals surface area contributed by atoms with Crippen molar-refractivity contribution in [2.75, 3.05) is 0 Å². The third-order valence-electron chi connectivity index (χ3n) is 2.40. The average molecular weight is 234 g/mol. The monoisotopic (exact) mass is 234 g/mol. The van der Waals surface area contributed by atoms with Crippen LogP contribution in [0.1, 0.15) is 37.8 Å². The van der Waals surface area contributed by atoms with Gasteiger partial charge in [0.05, 0.1) is 6.07 Å². The van der Waals surface area contributed by atoms with Crippen molar-refractivity contribution in [3.63, 3.8) is 0 Å². The highest BCUT2D eigenvalue weighted by Crippen LogP contribution is 2.13. The zero-order chi connectivity index (χ0) is 12.7. The number of carbonyl (C=O) groups excluding carboxylic acids is 1. The molecule has 0 heterocycles. The van der Waals surface area contributed by atoms with Crippen LogP contribution in [0.5, 0.6) is 0 Å². The topological polar surface area (TPSA) is 52.9 Å². The zero-order valence-electron chi connectivity index (χ0n) is 9.74. The van der Waals surface area contributed by atoms with Gasteiger partial charge in [-0.3, -0.25) is 4.79 Å². The van der Waals surface area contributed by atoms with Gasteiger partial charge in [0.15, 0.2) is 0 Å². The number of amides is 1. The van der Waals surface area contributed by atoms with Crippen molar-refractivity contribution in [2.24, 2.45) is 0 Å². The second-order valence-corrected chi connectivity index (χ2v) is 3.78. The second kappa shape index (κ2) is 6.64. The Kier molecular flexibility index (Phi) is 5.15. The summed E-state index contributed by atoms with van der Waals surface area (Å²) in [6.45, 7) is 2.00. The molecule has 1 aromatic rings. The van der Waals surface area contributed by atoms with Gasteiger partial charge in [-0.15, -0.1) is 0 Å². The smallest absolute Gasteiger partial charge is 0.221 e. The van der Waals surface area contributed by atoms with Gasteiger partial charge in [0.1, 0.15) is 11.9 Å². The van der Waals surface area contributed by atoms with Gasteiger partial charge >= 0.3 is 0 Å². The van der Waals surface area contributed by atoms with E-state index in [4.69, 9.17) is 5.26 Å². The first-order valence-electron chi connectivity index (χ1n) is 5.61. The van der Waals surface area contributed by atoms with Crippen LogP contribution in [0, 0.1) is 17.1 Å². The van der Waals surface area contributed by atoms with E-state index < -0.39 is 6.04 Å². The van der Waals surface area contributed by atoms with Crippen LogP contribution in [0.4, 0.5) is 4.39 Å². The van der Waals surface area contributed by atoms with Crippen LogP contribution in [0.25, 0.3) is 0 Å². The molecule has 1 N–H and O–H groups in total. The number of hydrogen-bond acceptors (Lipinski definition) is 2. The highest BCUT2D eigenvalue weighted by Gasteiger charge is 2.13. The summed E-state index contributed by atoms with van der Waals surface area (Å²) in [7, 11) is 0. The first-order chi connectivity index (χ1) is 8.17. The van der Waals surface area contributed by atoms with E-state index in [1.54, 1.807) is 0 Å². The lowest BCUT2D eigenvalue weighted by atomic mass is 10.1. The molecule has 0 radical (unpaired) electrons. The molecule has 1 unspecified atom stereocenters. The Bertz CT molecular complexity index is 408. The van der Waals surface area contributed by atoms with E-state index >= 15 is 0 Å². The van der Waals surface area contributed by atoms with Crippen molar-refractivity contribution in [1.29, 1.82) is 5.26 Å². The standard InChI is InChI=1S/C13H15FN2O/c1-2-3-4-13(17)16-12(9-15)10-5-7-11(14)8-6-10/h5-8,12H,2-4H2,1H3,(H,16,17). The molecule has 0 saturated heterocycles. The van der Waals surface area contributed by atoms with Crippen molar-refractivity contribution < 1.29 is 9.18 Å². The Hall–Kier alpha value is -1.89. The summed E-state index contributed by atoms with van der Waals surface area (Å²) >= 11 is 0. The summed E-state index contributed by atoms with van der Waals surface area (Å²) in [5.74, 6) is -0.509. The van der Waals surface area contributed by atoms with Gasteiger partial charge in [0, 0.05) is 6.42 Å². The number of nitrogens with zero attached hydrogens (tertiary/aromatic N) is 1. The van der Waals surface area contributed by atoms with Gasteiger partial charge in [0.25, 0.3) is 0 Å². The fourth-order valence-corrected chi connectivity index (χ4v) is 1.42. The van der Waals surface area contributed by atoms with Crippen LogP contribution in [-0.4, -0.2) is 5.91 Å². The van der Waals surface area contributed by atoms with E-state index in [0.717, 1.165) is 12.8 Å². The molecule has 90 valence electrons. The van der Waals surface area contributed by atoms with E-state index in [-0.39, 0.29) is 11.7 Å². The van der Waals surface area contributed by atoms with E-state index in [1.807, 2.05) is 13.0 Å². The summed E-state index contributed by atoms with van der Waals surface area (Å²) in [6.07, 6.45) is 2.14. The third kappa shape index (κ3) is 4.23. The maximum atomic E-state index is 12.7. The van der Waals surface area contributed by atoms with Crippen LogP contribution in [-0.2, 0) is 4.79 Å². The highest BCUT2D eigenvalue weighted by atomic mass is 19.1. The first-order valence-corrected chi connectivity index (χ1v) is 5.61. The molecular weight excluding hydrogens is 219 g/mol. The lowest BCUT2D eigenvalue weighted by Crippen LogP contribution is -2.27. The molecule has 0 spiro atoms. The van der Waals surface area contributed by atoms with Gasteiger partial charge in [-0.25, -0.2) is 4.39 Å². The Morgan fingerprint density at radius 1 is 1.47 bits per heavy atom. The predicted molar refractivity (Wildman–Crippen MR) is 62.4 cm³/mol. The molecule has 3 nitrogen and oxygen atoms in total. The molecule has 0 aliphatic rings. The quantitative estimate of drug-likeness (QED) is 0.851. The van der Waals surface area contributed by atoms with Gasteiger partial charge < -0.3 is 5.32 Å². The van der Waals surface area contributed by atoms with Gasteiger partial charge in [-0.2, -0.15) is 5.26 Å². The molecule has 1 aromatic carbocycles. The first kappa shape index (κ1) is 13.2. The minimum atomic E-state index is -0.708. The van der Waals surface area contributed by atoms with Crippen molar-refractivity contribution in [3.05, 3.63) is 35.6 Å². The molecule has 1 rings (SSSR count).